The zero-order valence-corrected chi connectivity index (χ0v) is 18.1. The van der Waals surface area contributed by atoms with E-state index in [4.69, 9.17) is 18.9 Å². The second-order valence-electron chi connectivity index (χ2n) is 6.51. The SMILES string of the molecule is CC#Cc1cccc(Nc2ncnc3cc(OCCOCC)c(OCCOC)cc23)c1. The van der Waals surface area contributed by atoms with Crippen LogP contribution in [0.4, 0.5) is 11.5 Å². The summed E-state index contributed by atoms with van der Waals surface area (Å²) in [7, 11) is 1.64. The van der Waals surface area contributed by atoms with Crippen LogP contribution in [0.1, 0.15) is 19.4 Å². The van der Waals surface area contributed by atoms with E-state index in [1.165, 1.54) is 6.33 Å². The Kier molecular flexibility index (Phi) is 8.47. The summed E-state index contributed by atoms with van der Waals surface area (Å²) >= 11 is 0. The van der Waals surface area contributed by atoms with Crippen LogP contribution in [0.2, 0.25) is 0 Å². The van der Waals surface area contributed by atoms with Gasteiger partial charge in [0.1, 0.15) is 25.4 Å². The van der Waals surface area contributed by atoms with Crippen molar-refractivity contribution in [2.24, 2.45) is 0 Å². The standard InChI is InChI=1S/C24H27N3O4/c1-4-7-18-8-6-9-19(14-18)27-24-20-15-22(30-12-10-28-3)23(31-13-11-29-5-2)16-21(20)25-17-26-24/h6,8-9,14-17H,5,10-13H2,1-3H3,(H,25,26,27). The van der Waals surface area contributed by atoms with Crippen molar-refractivity contribution >= 4 is 22.4 Å². The van der Waals surface area contributed by atoms with Gasteiger partial charge in [-0.05, 0) is 38.1 Å². The van der Waals surface area contributed by atoms with Gasteiger partial charge in [-0.25, -0.2) is 9.97 Å². The van der Waals surface area contributed by atoms with Gasteiger partial charge in [0.05, 0.1) is 18.7 Å². The van der Waals surface area contributed by atoms with Gasteiger partial charge in [0.2, 0.25) is 0 Å². The molecule has 0 aliphatic carbocycles. The van der Waals surface area contributed by atoms with Gasteiger partial charge in [0, 0.05) is 36.4 Å². The van der Waals surface area contributed by atoms with E-state index in [-0.39, 0.29) is 0 Å². The Morgan fingerprint density at radius 1 is 0.968 bits per heavy atom. The number of nitrogens with one attached hydrogen (secondary N) is 1. The summed E-state index contributed by atoms with van der Waals surface area (Å²) in [5.74, 6) is 7.85. The van der Waals surface area contributed by atoms with Gasteiger partial charge in [-0.1, -0.05) is 12.0 Å². The van der Waals surface area contributed by atoms with Gasteiger partial charge >= 0.3 is 0 Å². The molecule has 1 heterocycles. The van der Waals surface area contributed by atoms with Crippen molar-refractivity contribution in [3.63, 3.8) is 0 Å². The minimum atomic E-state index is 0.401. The number of nitrogens with zero attached hydrogens (tertiary/aromatic N) is 2. The minimum Gasteiger partial charge on any atom is -0.487 e. The summed E-state index contributed by atoms with van der Waals surface area (Å²) in [6.45, 7) is 6.20. The quantitative estimate of drug-likeness (QED) is 0.368. The average Bonchev–Trinajstić information content (AvgIpc) is 2.78. The van der Waals surface area contributed by atoms with E-state index in [2.05, 4.69) is 27.1 Å². The Balaban J connectivity index is 1.92. The highest BCUT2D eigenvalue weighted by molar-refractivity contribution is 5.93. The summed E-state index contributed by atoms with van der Waals surface area (Å²) in [5.41, 5.74) is 2.56. The lowest BCUT2D eigenvalue weighted by Gasteiger charge is -2.15. The molecule has 1 aromatic heterocycles. The van der Waals surface area contributed by atoms with E-state index >= 15 is 0 Å². The molecule has 2 aromatic carbocycles. The Bertz CT molecular complexity index is 1060. The Labute approximate surface area is 182 Å². The van der Waals surface area contributed by atoms with E-state index < -0.39 is 0 Å². The van der Waals surface area contributed by atoms with Crippen molar-refractivity contribution in [1.29, 1.82) is 0 Å². The molecule has 7 heteroatoms. The Morgan fingerprint density at radius 2 is 1.77 bits per heavy atom. The van der Waals surface area contributed by atoms with E-state index in [1.54, 1.807) is 7.11 Å². The van der Waals surface area contributed by atoms with Gasteiger partial charge in [0.15, 0.2) is 11.5 Å². The molecule has 0 unspecified atom stereocenters. The molecule has 0 atom stereocenters. The monoisotopic (exact) mass is 421 g/mol. The molecule has 0 aliphatic rings. The molecule has 0 bridgehead atoms. The summed E-state index contributed by atoms with van der Waals surface area (Å²) in [6.07, 6.45) is 1.52. The fraction of sp³-hybridized carbons (Fsp3) is 0.333. The second-order valence-corrected chi connectivity index (χ2v) is 6.51. The van der Waals surface area contributed by atoms with E-state index in [9.17, 15) is 0 Å². The number of rotatable bonds is 11. The molecular weight excluding hydrogens is 394 g/mol. The van der Waals surface area contributed by atoms with E-state index in [0.29, 0.717) is 50.4 Å². The number of fused-ring (bicyclic) bond motifs is 1. The van der Waals surface area contributed by atoms with Crippen molar-refractivity contribution in [2.75, 3.05) is 45.5 Å². The number of anilines is 2. The third-order valence-corrected chi connectivity index (χ3v) is 4.33. The normalized spacial score (nSPS) is 10.4. The molecule has 3 rings (SSSR count). The summed E-state index contributed by atoms with van der Waals surface area (Å²) in [6, 6.07) is 11.6. The second kappa shape index (κ2) is 11.7. The van der Waals surface area contributed by atoms with Crippen LogP contribution in [0, 0.1) is 11.8 Å². The summed E-state index contributed by atoms with van der Waals surface area (Å²) in [4.78, 5) is 8.84. The number of ether oxygens (including phenoxy) is 4. The van der Waals surface area contributed by atoms with Crippen LogP contribution < -0.4 is 14.8 Å². The first-order valence-corrected chi connectivity index (χ1v) is 10.2. The molecule has 0 spiro atoms. The van der Waals surface area contributed by atoms with Gasteiger partial charge in [0.25, 0.3) is 0 Å². The zero-order valence-electron chi connectivity index (χ0n) is 18.1. The molecular formula is C24H27N3O4. The number of hydrogen-bond acceptors (Lipinski definition) is 7. The lowest BCUT2D eigenvalue weighted by Crippen LogP contribution is -2.09. The number of aromatic nitrogens is 2. The molecule has 7 nitrogen and oxygen atoms in total. The predicted molar refractivity (Wildman–Crippen MR) is 121 cm³/mol. The van der Waals surface area contributed by atoms with Gasteiger partial charge in [-0.15, -0.1) is 5.92 Å². The predicted octanol–water partition coefficient (Wildman–Crippen LogP) is 4.19. The number of hydrogen-bond donors (Lipinski definition) is 1. The summed E-state index contributed by atoms with van der Waals surface area (Å²) < 4.78 is 22.3. The van der Waals surface area contributed by atoms with Crippen molar-refractivity contribution in [3.8, 4) is 23.3 Å². The fourth-order valence-electron chi connectivity index (χ4n) is 2.93. The first-order valence-electron chi connectivity index (χ1n) is 10.2. The molecule has 0 amide bonds. The lowest BCUT2D eigenvalue weighted by molar-refractivity contribution is 0.106. The number of benzene rings is 2. The third-order valence-electron chi connectivity index (χ3n) is 4.33. The largest absolute Gasteiger partial charge is 0.487 e. The summed E-state index contributed by atoms with van der Waals surface area (Å²) in [5, 5.41) is 4.18. The minimum absolute atomic E-state index is 0.401. The molecule has 31 heavy (non-hydrogen) atoms. The molecule has 162 valence electrons. The molecule has 0 saturated heterocycles. The number of methoxy groups -OCH3 is 1. The molecule has 0 saturated carbocycles. The first kappa shape index (κ1) is 22.3. The average molecular weight is 421 g/mol. The van der Waals surface area contributed by atoms with Crippen LogP contribution in [-0.2, 0) is 9.47 Å². The first-order chi connectivity index (χ1) is 15.2. The highest BCUT2D eigenvalue weighted by Crippen LogP contribution is 2.35. The zero-order chi connectivity index (χ0) is 21.9. The molecule has 0 aliphatic heterocycles. The maximum atomic E-state index is 5.91. The highest BCUT2D eigenvalue weighted by Gasteiger charge is 2.13. The van der Waals surface area contributed by atoms with Crippen LogP contribution in [0.25, 0.3) is 10.9 Å². The highest BCUT2D eigenvalue weighted by atomic mass is 16.5. The van der Waals surface area contributed by atoms with Crippen molar-refractivity contribution in [3.05, 3.63) is 48.3 Å². The lowest BCUT2D eigenvalue weighted by atomic mass is 10.2. The fourth-order valence-corrected chi connectivity index (χ4v) is 2.93. The van der Waals surface area contributed by atoms with E-state index in [0.717, 1.165) is 22.2 Å². The van der Waals surface area contributed by atoms with Crippen molar-refractivity contribution in [1.82, 2.24) is 9.97 Å². The Hall–Kier alpha value is -3.34. The van der Waals surface area contributed by atoms with Gasteiger partial charge in [-0.3, -0.25) is 0 Å². The van der Waals surface area contributed by atoms with Gasteiger partial charge in [-0.2, -0.15) is 0 Å². The molecule has 3 aromatic rings. The van der Waals surface area contributed by atoms with Crippen LogP contribution in [0.5, 0.6) is 11.5 Å². The molecule has 0 fully saturated rings. The van der Waals surface area contributed by atoms with Crippen LogP contribution in [-0.4, -0.2) is 50.1 Å². The van der Waals surface area contributed by atoms with Crippen LogP contribution in [0.15, 0.2) is 42.7 Å². The van der Waals surface area contributed by atoms with Crippen LogP contribution >= 0.6 is 0 Å². The Morgan fingerprint density at radius 3 is 2.55 bits per heavy atom. The topological polar surface area (TPSA) is 74.7 Å². The molecule has 1 N–H and O–H groups in total. The van der Waals surface area contributed by atoms with E-state index in [1.807, 2.05) is 50.2 Å². The van der Waals surface area contributed by atoms with Crippen molar-refractivity contribution in [2.45, 2.75) is 13.8 Å². The molecule has 0 radical (unpaired) electrons. The van der Waals surface area contributed by atoms with Crippen molar-refractivity contribution < 1.29 is 18.9 Å². The smallest absolute Gasteiger partial charge is 0.163 e. The van der Waals surface area contributed by atoms with Crippen LogP contribution in [0.3, 0.4) is 0 Å². The maximum absolute atomic E-state index is 5.91. The third kappa shape index (κ3) is 6.32. The maximum Gasteiger partial charge on any atom is 0.163 e. The van der Waals surface area contributed by atoms with Gasteiger partial charge < -0.3 is 24.3 Å².